The smallest absolute Gasteiger partial charge is 0.234 e. The van der Waals surface area contributed by atoms with E-state index < -0.39 is 0 Å². The molecule has 1 aromatic heterocycles. The lowest BCUT2D eigenvalue weighted by Crippen LogP contribution is -2.14. The van der Waals surface area contributed by atoms with E-state index in [9.17, 15) is 4.79 Å². The summed E-state index contributed by atoms with van der Waals surface area (Å²) >= 11 is 1.30. The molecule has 1 heterocycles. The number of amides is 1. The van der Waals surface area contributed by atoms with E-state index in [2.05, 4.69) is 21.4 Å². The fourth-order valence-corrected chi connectivity index (χ4v) is 3.19. The predicted octanol–water partition coefficient (Wildman–Crippen LogP) is 4.25. The first kappa shape index (κ1) is 18.6. The van der Waals surface area contributed by atoms with Crippen LogP contribution in [0.2, 0.25) is 0 Å². The van der Waals surface area contributed by atoms with Gasteiger partial charge in [0.25, 0.3) is 0 Å². The number of thioether (sulfide) groups is 1. The Morgan fingerprint density at radius 3 is 2.56 bits per heavy atom. The molecule has 3 rings (SSSR count). The Bertz CT molecular complexity index is 966. The van der Waals surface area contributed by atoms with Crippen molar-refractivity contribution in [1.29, 1.82) is 5.26 Å². The first-order valence-corrected chi connectivity index (χ1v) is 9.42. The van der Waals surface area contributed by atoms with Crippen LogP contribution in [0.1, 0.15) is 11.3 Å². The Kier molecular flexibility index (Phi) is 6.18. The van der Waals surface area contributed by atoms with Gasteiger partial charge in [-0.15, -0.1) is 0 Å². The average molecular weight is 374 g/mol. The number of aryl methyl sites for hydroxylation is 1. The van der Waals surface area contributed by atoms with Gasteiger partial charge in [0.2, 0.25) is 5.91 Å². The van der Waals surface area contributed by atoms with Crippen molar-refractivity contribution in [3.63, 3.8) is 0 Å². The summed E-state index contributed by atoms with van der Waals surface area (Å²) in [5.74, 6) is 0.0943. The molecule has 27 heavy (non-hydrogen) atoms. The zero-order valence-electron chi connectivity index (χ0n) is 14.8. The van der Waals surface area contributed by atoms with Crippen molar-refractivity contribution in [3.8, 4) is 17.3 Å². The van der Waals surface area contributed by atoms with Crippen molar-refractivity contribution in [3.05, 3.63) is 71.9 Å². The van der Waals surface area contributed by atoms with Crippen LogP contribution in [0.3, 0.4) is 0 Å². The van der Waals surface area contributed by atoms with E-state index in [1.165, 1.54) is 11.8 Å². The second-order valence-electron chi connectivity index (χ2n) is 5.91. The third-order valence-electron chi connectivity index (χ3n) is 3.76. The summed E-state index contributed by atoms with van der Waals surface area (Å²) < 4.78 is 0. The van der Waals surface area contributed by atoms with Gasteiger partial charge in [0, 0.05) is 16.9 Å². The number of nitrogens with one attached hydrogen (secondary N) is 1. The van der Waals surface area contributed by atoms with Gasteiger partial charge >= 0.3 is 0 Å². The molecule has 6 heteroatoms. The number of rotatable bonds is 6. The van der Waals surface area contributed by atoms with Crippen LogP contribution < -0.4 is 5.32 Å². The number of carbonyl (C=O) groups is 1. The third kappa shape index (κ3) is 5.40. The molecular formula is C21H18N4OS. The molecule has 0 spiro atoms. The summed E-state index contributed by atoms with van der Waals surface area (Å²) in [5, 5.41) is 12.1. The molecule has 0 bridgehead atoms. The molecule has 0 unspecified atom stereocenters. The van der Waals surface area contributed by atoms with Gasteiger partial charge in [-0.25, -0.2) is 9.97 Å². The minimum absolute atomic E-state index is 0.126. The number of hydrogen-bond acceptors (Lipinski definition) is 5. The van der Waals surface area contributed by atoms with Crippen LogP contribution in [0.5, 0.6) is 0 Å². The molecule has 1 N–H and O–H groups in total. The van der Waals surface area contributed by atoms with Crippen LogP contribution in [0.4, 0.5) is 5.69 Å². The molecule has 3 aromatic rings. The molecule has 2 aromatic carbocycles. The summed E-state index contributed by atoms with van der Waals surface area (Å²) in [7, 11) is 0. The molecule has 0 atom stereocenters. The van der Waals surface area contributed by atoms with Crippen LogP contribution in [0.25, 0.3) is 11.3 Å². The van der Waals surface area contributed by atoms with E-state index in [4.69, 9.17) is 5.26 Å². The van der Waals surface area contributed by atoms with Crippen LogP contribution in [-0.4, -0.2) is 21.6 Å². The molecule has 0 saturated heterocycles. The third-order valence-corrected chi connectivity index (χ3v) is 4.60. The molecule has 0 fully saturated rings. The number of carbonyl (C=O) groups excluding carboxylic acids is 1. The maximum atomic E-state index is 12.2. The topological polar surface area (TPSA) is 78.7 Å². The summed E-state index contributed by atoms with van der Waals surface area (Å²) in [4.78, 5) is 21.2. The largest absolute Gasteiger partial charge is 0.325 e. The van der Waals surface area contributed by atoms with Gasteiger partial charge in [-0.05, 0) is 30.7 Å². The molecule has 0 saturated carbocycles. The molecule has 5 nitrogen and oxygen atoms in total. The number of nitriles is 1. The number of aromatic nitrogens is 2. The monoisotopic (exact) mass is 374 g/mol. The van der Waals surface area contributed by atoms with Crippen molar-refractivity contribution in [2.75, 3.05) is 11.1 Å². The van der Waals surface area contributed by atoms with Gasteiger partial charge in [-0.3, -0.25) is 4.79 Å². The molecule has 0 aliphatic heterocycles. The highest BCUT2D eigenvalue weighted by Gasteiger charge is 2.09. The van der Waals surface area contributed by atoms with Crippen LogP contribution in [-0.2, 0) is 11.2 Å². The van der Waals surface area contributed by atoms with Crippen molar-refractivity contribution in [2.45, 2.75) is 18.5 Å². The van der Waals surface area contributed by atoms with Gasteiger partial charge in [0.15, 0.2) is 5.16 Å². The van der Waals surface area contributed by atoms with E-state index in [1.54, 1.807) is 12.1 Å². The molecule has 0 aliphatic carbocycles. The first-order chi connectivity index (χ1) is 13.1. The fraction of sp³-hybridized carbons (Fsp3) is 0.143. The predicted molar refractivity (Wildman–Crippen MR) is 107 cm³/mol. The Hall–Kier alpha value is -3.17. The van der Waals surface area contributed by atoms with E-state index in [0.29, 0.717) is 17.3 Å². The summed E-state index contributed by atoms with van der Waals surface area (Å²) in [5.41, 5.74) is 4.36. The lowest BCUT2D eigenvalue weighted by molar-refractivity contribution is -0.113. The Morgan fingerprint density at radius 1 is 1.11 bits per heavy atom. The molecule has 134 valence electrons. The highest BCUT2D eigenvalue weighted by Crippen LogP contribution is 2.21. The van der Waals surface area contributed by atoms with Gasteiger partial charge < -0.3 is 5.32 Å². The van der Waals surface area contributed by atoms with Crippen LogP contribution >= 0.6 is 11.8 Å². The maximum Gasteiger partial charge on any atom is 0.234 e. The normalized spacial score (nSPS) is 10.2. The summed E-state index contributed by atoms with van der Waals surface area (Å²) in [6.45, 7) is 1.92. The van der Waals surface area contributed by atoms with Crippen molar-refractivity contribution in [2.24, 2.45) is 0 Å². The van der Waals surface area contributed by atoms with E-state index in [1.807, 2.05) is 55.5 Å². The zero-order chi connectivity index (χ0) is 19.1. The molecule has 0 radical (unpaired) electrons. The zero-order valence-corrected chi connectivity index (χ0v) is 15.7. The molecule has 1 amide bonds. The molecular weight excluding hydrogens is 356 g/mol. The Morgan fingerprint density at radius 2 is 1.85 bits per heavy atom. The minimum Gasteiger partial charge on any atom is -0.325 e. The first-order valence-electron chi connectivity index (χ1n) is 8.44. The lowest BCUT2D eigenvalue weighted by atomic mass is 10.1. The van der Waals surface area contributed by atoms with E-state index in [0.717, 1.165) is 22.5 Å². The number of hydrogen-bond donors (Lipinski definition) is 1. The second-order valence-corrected chi connectivity index (χ2v) is 6.85. The lowest BCUT2D eigenvalue weighted by Gasteiger charge is -2.07. The van der Waals surface area contributed by atoms with Crippen LogP contribution in [0.15, 0.2) is 65.8 Å². The summed E-state index contributed by atoms with van der Waals surface area (Å²) in [6, 6.07) is 21.2. The van der Waals surface area contributed by atoms with Gasteiger partial charge in [-0.1, -0.05) is 54.2 Å². The van der Waals surface area contributed by atoms with Gasteiger partial charge in [-0.2, -0.15) is 5.26 Å². The Balaban J connectivity index is 1.62. The van der Waals surface area contributed by atoms with Crippen molar-refractivity contribution < 1.29 is 4.79 Å². The van der Waals surface area contributed by atoms with Crippen molar-refractivity contribution in [1.82, 2.24) is 9.97 Å². The second kappa shape index (κ2) is 8.97. The standard InChI is InChI=1S/C21H18N4OS/c1-15-13-19(17-5-3-2-4-6-17)25-21(23-15)27-14-20(26)24-18-9-7-16(8-10-18)11-12-22/h2-10,13H,11,14H2,1H3,(H,24,26). The average Bonchev–Trinajstić information content (AvgIpc) is 2.68. The highest BCUT2D eigenvalue weighted by molar-refractivity contribution is 7.99. The van der Waals surface area contributed by atoms with Gasteiger partial charge in [0.05, 0.1) is 23.9 Å². The number of nitrogens with zero attached hydrogens (tertiary/aromatic N) is 3. The molecule has 0 aliphatic rings. The SMILES string of the molecule is Cc1cc(-c2ccccc2)nc(SCC(=O)Nc2ccc(CC#N)cc2)n1. The number of benzene rings is 2. The Labute approximate surface area is 162 Å². The quantitative estimate of drug-likeness (QED) is 0.515. The van der Waals surface area contributed by atoms with Crippen molar-refractivity contribution >= 4 is 23.4 Å². The van der Waals surface area contributed by atoms with E-state index in [-0.39, 0.29) is 11.7 Å². The highest BCUT2D eigenvalue weighted by atomic mass is 32.2. The van der Waals surface area contributed by atoms with Gasteiger partial charge in [0.1, 0.15) is 0 Å². The maximum absolute atomic E-state index is 12.2. The minimum atomic E-state index is -0.126. The van der Waals surface area contributed by atoms with Crippen LogP contribution in [0, 0.1) is 18.3 Å². The van der Waals surface area contributed by atoms with E-state index >= 15 is 0 Å². The summed E-state index contributed by atoms with van der Waals surface area (Å²) in [6.07, 6.45) is 0.360. The fourth-order valence-electron chi connectivity index (χ4n) is 2.49. The number of anilines is 1.